The molecule has 0 N–H and O–H groups in total. The zero-order valence-electron chi connectivity index (χ0n) is 14.4. The topological polar surface area (TPSA) is 39.5 Å². The summed E-state index contributed by atoms with van der Waals surface area (Å²) in [5, 5.41) is 11.1. The Labute approximate surface area is 144 Å². The van der Waals surface area contributed by atoms with Crippen LogP contribution in [-0.2, 0) is 0 Å². The molecule has 0 saturated carbocycles. The van der Waals surface area contributed by atoms with Crippen LogP contribution < -0.4 is 9.64 Å². The molecular formula is C20H25N3O. The van der Waals surface area contributed by atoms with Crippen LogP contribution in [0.3, 0.4) is 0 Å². The van der Waals surface area contributed by atoms with Crippen molar-refractivity contribution in [1.29, 1.82) is 5.26 Å². The Hall–Kier alpha value is -2.25. The van der Waals surface area contributed by atoms with Gasteiger partial charge in [-0.05, 0) is 43.5 Å². The number of nitrogens with zero attached hydrogens (tertiary/aromatic N) is 3. The summed E-state index contributed by atoms with van der Waals surface area (Å²) in [7, 11) is 2.18. The molecule has 1 aliphatic rings. The van der Waals surface area contributed by atoms with Crippen LogP contribution in [0.4, 0.5) is 5.69 Å². The van der Waals surface area contributed by atoms with Crippen molar-refractivity contribution in [2.45, 2.75) is 19.3 Å². The number of hydrogen-bond acceptors (Lipinski definition) is 4. The molecule has 0 aliphatic carbocycles. The minimum atomic E-state index is 0.606. The Bertz CT molecular complexity index is 714. The Morgan fingerprint density at radius 3 is 2.71 bits per heavy atom. The maximum Gasteiger partial charge on any atom is 0.120 e. The SMILES string of the molecule is CN1CCN(c2cccc3ccc(OCCCCC#N)cc23)CC1. The van der Waals surface area contributed by atoms with Gasteiger partial charge in [0.05, 0.1) is 12.7 Å². The van der Waals surface area contributed by atoms with Crippen molar-refractivity contribution in [3.63, 3.8) is 0 Å². The number of anilines is 1. The molecule has 0 amide bonds. The fourth-order valence-corrected chi connectivity index (χ4v) is 3.14. The number of nitriles is 1. The normalized spacial score (nSPS) is 15.4. The number of piperazine rings is 1. The van der Waals surface area contributed by atoms with E-state index in [4.69, 9.17) is 10.00 Å². The molecule has 2 aromatic rings. The number of rotatable bonds is 6. The van der Waals surface area contributed by atoms with E-state index in [0.29, 0.717) is 13.0 Å². The molecule has 4 nitrogen and oxygen atoms in total. The summed E-state index contributed by atoms with van der Waals surface area (Å²) < 4.78 is 5.88. The molecule has 1 fully saturated rings. The summed E-state index contributed by atoms with van der Waals surface area (Å²) in [6.07, 6.45) is 2.43. The van der Waals surface area contributed by atoms with Gasteiger partial charge in [-0.2, -0.15) is 5.26 Å². The summed E-state index contributed by atoms with van der Waals surface area (Å²) in [5.41, 5.74) is 1.30. The van der Waals surface area contributed by atoms with Gasteiger partial charge in [-0.15, -0.1) is 0 Å². The lowest BCUT2D eigenvalue weighted by atomic mass is 10.1. The lowest BCUT2D eigenvalue weighted by Crippen LogP contribution is -2.44. The number of unbranched alkanes of at least 4 members (excludes halogenated alkanes) is 2. The van der Waals surface area contributed by atoms with E-state index in [9.17, 15) is 0 Å². The van der Waals surface area contributed by atoms with Gasteiger partial charge in [-0.25, -0.2) is 0 Å². The van der Waals surface area contributed by atoms with Crippen molar-refractivity contribution in [2.24, 2.45) is 0 Å². The lowest BCUT2D eigenvalue weighted by molar-refractivity contribution is 0.308. The van der Waals surface area contributed by atoms with Crippen LogP contribution in [0, 0.1) is 11.3 Å². The average Bonchev–Trinajstić information content (AvgIpc) is 2.62. The first kappa shape index (κ1) is 16.6. The monoisotopic (exact) mass is 323 g/mol. The smallest absolute Gasteiger partial charge is 0.120 e. The largest absolute Gasteiger partial charge is 0.494 e. The Balaban J connectivity index is 1.75. The van der Waals surface area contributed by atoms with Gasteiger partial charge in [0.1, 0.15) is 5.75 Å². The average molecular weight is 323 g/mol. The molecule has 2 aromatic carbocycles. The Morgan fingerprint density at radius 2 is 1.92 bits per heavy atom. The minimum absolute atomic E-state index is 0.606. The van der Waals surface area contributed by atoms with E-state index in [1.54, 1.807) is 0 Å². The maximum absolute atomic E-state index is 8.57. The zero-order chi connectivity index (χ0) is 16.8. The van der Waals surface area contributed by atoms with Crippen LogP contribution in [0.15, 0.2) is 36.4 Å². The van der Waals surface area contributed by atoms with Crippen LogP contribution in [0.2, 0.25) is 0 Å². The molecule has 1 saturated heterocycles. The molecule has 126 valence electrons. The second-order valence-electron chi connectivity index (χ2n) is 6.41. The maximum atomic E-state index is 8.57. The van der Waals surface area contributed by atoms with E-state index in [0.717, 1.165) is 44.8 Å². The highest BCUT2D eigenvalue weighted by molar-refractivity contribution is 5.95. The molecule has 24 heavy (non-hydrogen) atoms. The number of fused-ring (bicyclic) bond motifs is 1. The molecular weight excluding hydrogens is 298 g/mol. The molecule has 1 heterocycles. The second kappa shape index (κ2) is 8.03. The molecule has 3 rings (SSSR count). The first-order chi connectivity index (χ1) is 11.8. The van der Waals surface area contributed by atoms with Crippen LogP contribution in [-0.4, -0.2) is 44.7 Å². The van der Waals surface area contributed by atoms with Crippen LogP contribution in [0.25, 0.3) is 10.8 Å². The highest BCUT2D eigenvalue weighted by Gasteiger charge is 2.16. The molecule has 4 heteroatoms. The minimum Gasteiger partial charge on any atom is -0.494 e. The summed E-state index contributed by atoms with van der Waals surface area (Å²) >= 11 is 0. The van der Waals surface area contributed by atoms with Crippen molar-refractivity contribution < 1.29 is 4.74 Å². The second-order valence-corrected chi connectivity index (χ2v) is 6.41. The number of likely N-dealkylation sites (N-methyl/N-ethyl adjacent to an activating group) is 1. The van der Waals surface area contributed by atoms with Gasteiger partial charge in [0.25, 0.3) is 0 Å². The van der Waals surface area contributed by atoms with Gasteiger partial charge in [-0.3, -0.25) is 0 Å². The van der Waals surface area contributed by atoms with Crippen molar-refractivity contribution in [3.05, 3.63) is 36.4 Å². The van der Waals surface area contributed by atoms with Gasteiger partial charge in [-0.1, -0.05) is 18.2 Å². The predicted octanol–water partition coefficient (Wildman–Crippen LogP) is 3.66. The first-order valence-electron chi connectivity index (χ1n) is 8.74. The Kier molecular flexibility index (Phi) is 5.55. The third-order valence-electron chi connectivity index (χ3n) is 4.63. The van der Waals surface area contributed by atoms with Crippen molar-refractivity contribution >= 4 is 16.5 Å². The number of hydrogen-bond donors (Lipinski definition) is 0. The third-order valence-corrected chi connectivity index (χ3v) is 4.63. The summed E-state index contributed by atoms with van der Waals surface area (Å²) in [6, 6.07) is 15.0. The molecule has 0 unspecified atom stereocenters. The summed E-state index contributed by atoms with van der Waals surface area (Å²) in [4.78, 5) is 4.84. The molecule has 0 atom stereocenters. The molecule has 0 bridgehead atoms. The zero-order valence-corrected chi connectivity index (χ0v) is 14.4. The van der Waals surface area contributed by atoms with E-state index in [-0.39, 0.29) is 0 Å². The van der Waals surface area contributed by atoms with Crippen molar-refractivity contribution in [2.75, 3.05) is 44.7 Å². The molecule has 1 aliphatic heterocycles. The standard InChI is InChI=1S/C20H25N3O/c1-22-11-13-23(14-12-22)20-7-5-6-17-8-9-18(16-19(17)20)24-15-4-2-3-10-21/h5-9,16H,2-4,11-15H2,1H3. The van der Waals surface area contributed by atoms with Crippen LogP contribution in [0.5, 0.6) is 5.75 Å². The van der Waals surface area contributed by atoms with Gasteiger partial charge in [0.2, 0.25) is 0 Å². The van der Waals surface area contributed by atoms with E-state index in [1.165, 1.54) is 16.5 Å². The van der Waals surface area contributed by atoms with Crippen LogP contribution >= 0.6 is 0 Å². The first-order valence-corrected chi connectivity index (χ1v) is 8.74. The Morgan fingerprint density at radius 1 is 1.08 bits per heavy atom. The van der Waals surface area contributed by atoms with Gasteiger partial charge >= 0.3 is 0 Å². The molecule has 0 radical (unpaired) electrons. The van der Waals surface area contributed by atoms with Gasteiger partial charge < -0.3 is 14.5 Å². The van der Waals surface area contributed by atoms with E-state index >= 15 is 0 Å². The van der Waals surface area contributed by atoms with E-state index in [1.807, 2.05) is 6.07 Å². The predicted molar refractivity (Wildman–Crippen MR) is 98.6 cm³/mol. The van der Waals surface area contributed by atoms with Gasteiger partial charge in [0, 0.05) is 43.7 Å². The third kappa shape index (κ3) is 3.98. The molecule has 0 spiro atoms. The summed E-state index contributed by atoms with van der Waals surface area (Å²) in [6.45, 7) is 5.00. The number of ether oxygens (including phenoxy) is 1. The van der Waals surface area contributed by atoms with Crippen molar-refractivity contribution in [3.8, 4) is 11.8 Å². The highest BCUT2D eigenvalue weighted by Crippen LogP contribution is 2.30. The quantitative estimate of drug-likeness (QED) is 0.761. The molecule has 0 aromatic heterocycles. The van der Waals surface area contributed by atoms with Crippen LogP contribution in [0.1, 0.15) is 19.3 Å². The van der Waals surface area contributed by atoms with Gasteiger partial charge in [0.15, 0.2) is 0 Å². The highest BCUT2D eigenvalue weighted by atomic mass is 16.5. The van der Waals surface area contributed by atoms with E-state index in [2.05, 4.69) is 53.2 Å². The fraction of sp³-hybridized carbons (Fsp3) is 0.450. The van der Waals surface area contributed by atoms with E-state index < -0.39 is 0 Å². The lowest BCUT2D eigenvalue weighted by Gasteiger charge is -2.34. The fourth-order valence-electron chi connectivity index (χ4n) is 3.14. The van der Waals surface area contributed by atoms with Crippen molar-refractivity contribution in [1.82, 2.24) is 4.90 Å². The summed E-state index contributed by atoms with van der Waals surface area (Å²) in [5.74, 6) is 0.918. The number of benzene rings is 2.